The van der Waals surface area contributed by atoms with Crippen LogP contribution in [0, 0.1) is 5.92 Å². The van der Waals surface area contributed by atoms with E-state index in [9.17, 15) is 19.1 Å². The molecular formula is C29H35FN6O4S. The summed E-state index contributed by atoms with van der Waals surface area (Å²) in [6.45, 7) is 4.42. The van der Waals surface area contributed by atoms with E-state index >= 15 is 0 Å². The number of hydrogen-bond acceptors (Lipinski definition) is 9. The maximum Gasteiger partial charge on any atom is 0.306 e. The smallest absolute Gasteiger partial charge is 0.306 e. The van der Waals surface area contributed by atoms with Crippen LogP contribution >= 0.6 is 11.3 Å². The molecule has 2 aliphatic heterocycles. The number of methoxy groups -OCH3 is 1. The normalized spacial score (nSPS) is 18.0. The van der Waals surface area contributed by atoms with Crippen LogP contribution < -0.4 is 15.0 Å². The number of rotatable bonds is 10. The molecule has 5 rings (SSSR count). The van der Waals surface area contributed by atoms with Gasteiger partial charge in [0.15, 0.2) is 5.13 Å². The van der Waals surface area contributed by atoms with E-state index in [1.807, 2.05) is 11.0 Å². The van der Waals surface area contributed by atoms with Crippen molar-refractivity contribution in [2.24, 2.45) is 5.92 Å². The van der Waals surface area contributed by atoms with Gasteiger partial charge in [-0.3, -0.25) is 19.8 Å². The lowest BCUT2D eigenvalue weighted by Gasteiger charge is -2.30. The fraction of sp³-hybridized carbons (Fsp3) is 0.483. The summed E-state index contributed by atoms with van der Waals surface area (Å²) in [4.78, 5) is 43.3. The maximum absolute atomic E-state index is 13.6. The van der Waals surface area contributed by atoms with E-state index in [1.54, 1.807) is 25.4 Å². The van der Waals surface area contributed by atoms with Gasteiger partial charge in [0, 0.05) is 36.1 Å². The van der Waals surface area contributed by atoms with Crippen molar-refractivity contribution >= 4 is 34.2 Å². The maximum atomic E-state index is 13.6. The third kappa shape index (κ3) is 6.65. The topological polar surface area (TPSA) is 121 Å². The number of carboxylic acids is 1. The van der Waals surface area contributed by atoms with Crippen LogP contribution in [0.5, 0.6) is 5.75 Å². The Hall–Kier alpha value is -3.64. The number of nitrogens with zero attached hydrogens (tertiary/aromatic N) is 5. The fourth-order valence-electron chi connectivity index (χ4n) is 5.60. The third-order valence-corrected chi connectivity index (χ3v) is 8.86. The number of piperidine rings is 1. The van der Waals surface area contributed by atoms with E-state index in [0.29, 0.717) is 66.5 Å². The molecule has 1 amide bonds. The largest absolute Gasteiger partial charge is 0.497 e. The van der Waals surface area contributed by atoms with Gasteiger partial charge in [0.2, 0.25) is 0 Å². The van der Waals surface area contributed by atoms with Crippen molar-refractivity contribution in [2.45, 2.75) is 58.3 Å². The van der Waals surface area contributed by atoms with E-state index in [2.05, 4.69) is 27.1 Å². The van der Waals surface area contributed by atoms with E-state index < -0.39 is 18.6 Å². The van der Waals surface area contributed by atoms with E-state index in [1.165, 1.54) is 17.5 Å². The minimum atomic E-state index is -0.767. The summed E-state index contributed by atoms with van der Waals surface area (Å²) >= 11 is 1.41. The van der Waals surface area contributed by atoms with Crippen molar-refractivity contribution in [1.29, 1.82) is 0 Å². The predicted octanol–water partition coefficient (Wildman–Crippen LogP) is 5.01. The van der Waals surface area contributed by atoms with Gasteiger partial charge >= 0.3 is 5.97 Å². The standard InChI is InChI=1S/C29H35FN6O4S/c1-3-21-5-4-8-36(21)17-24-26(20-11-18(14-30)12-22(13-20)40-2)33-29(41-24)34-27(37)23-15-32-25(16-31-23)35-9-6-19(7-10-35)28(38)39/h11-13,15-16,19,21H,3-10,14,17H2,1-2H3,(H,38,39)(H,33,34,37)/t21-/m1/s1. The van der Waals surface area contributed by atoms with Crippen LogP contribution in [0.1, 0.15) is 60.0 Å². The Balaban J connectivity index is 1.35. The number of thiazole rings is 1. The molecule has 41 heavy (non-hydrogen) atoms. The molecule has 218 valence electrons. The molecule has 2 aliphatic rings. The van der Waals surface area contributed by atoms with Gasteiger partial charge in [-0.15, -0.1) is 0 Å². The van der Waals surface area contributed by atoms with Crippen LogP contribution in [-0.2, 0) is 18.0 Å². The summed E-state index contributed by atoms with van der Waals surface area (Å²) in [5, 5.41) is 12.5. The average Bonchev–Trinajstić information content (AvgIpc) is 3.63. The molecule has 2 saturated heterocycles. The summed E-state index contributed by atoms with van der Waals surface area (Å²) in [7, 11) is 1.55. The van der Waals surface area contributed by atoms with Gasteiger partial charge in [-0.1, -0.05) is 18.3 Å². The number of ether oxygens (including phenoxy) is 1. The molecular weight excluding hydrogens is 547 g/mol. The Morgan fingerprint density at radius 2 is 1.95 bits per heavy atom. The quantitative estimate of drug-likeness (QED) is 0.340. The molecule has 12 heteroatoms. The molecule has 4 heterocycles. The molecule has 0 unspecified atom stereocenters. The third-order valence-electron chi connectivity index (χ3n) is 7.90. The fourth-order valence-corrected chi connectivity index (χ4v) is 6.60. The van der Waals surface area contributed by atoms with E-state index in [-0.39, 0.29) is 11.6 Å². The van der Waals surface area contributed by atoms with Crippen LogP contribution in [0.3, 0.4) is 0 Å². The van der Waals surface area contributed by atoms with Gasteiger partial charge in [0.25, 0.3) is 5.91 Å². The number of hydrogen-bond donors (Lipinski definition) is 2. The highest BCUT2D eigenvalue weighted by atomic mass is 32.1. The zero-order valence-corrected chi connectivity index (χ0v) is 24.1. The molecule has 0 spiro atoms. The molecule has 2 fully saturated rings. The number of amides is 1. The van der Waals surface area contributed by atoms with Crippen molar-refractivity contribution in [2.75, 3.05) is 37.0 Å². The zero-order chi connectivity index (χ0) is 28.9. The van der Waals surface area contributed by atoms with Crippen LogP contribution in [0.15, 0.2) is 30.6 Å². The summed E-state index contributed by atoms with van der Waals surface area (Å²) in [6.07, 6.45) is 7.43. The van der Waals surface area contributed by atoms with Crippen LogP contribution in [0.25, 0.3) is 11.3 Å². The number of benzene rings is 1. The Bertz CT molecular complexity index is 1350. The number of carboxylic acid groups (broad SMARTS) is 1. The van der Waals surface area contributed by atoms with Gasteiger partial charge in [-0.05, 0) is 62.4 Å². The van der Waals surface area contributed by atoms with Crippen LogP contribution in [0.4, 0.5) is 15.3 Å². The first-order chi connectivity index (χ1) is 19.9. The number of anilines is 2. The van der Waals surface area contributed by atoms with Gasteiger partial charge in [0.05, 0.1) is 31.1 Å². The SMILES string of the molecule is CC[C@@H]1CCCN1Cc1sc(NC(=O)c2cnc(N3CCC(C(=O)O)CC3)cn2)nc1-c1cc(CF)cc(OC)c1. The van der Waals surface area contributed by atoms with Gasteiger partial charge in [0.1, 0.15) is 23.9 Å². The molecule has 0 aliphatic carbocycles. The number of likely N-dealkylation sites (tertiary alicyclic amines) is 1. The Labute approximate surface area is 242 Å². The summed E-state index contributed by atoms with van der Waals surface area (Å²) in [6, 6.07) is 5.78. The number of aromatic nitrogens is 3. The summed E-state index contributed by atoms with van der Waals surface area (Å²) in [5.41, 5.74) is 2.09. The Morgan fingerprint density at radius 1 is 1.15 bits per heavy atom. The highest BCUT2D eigenvalue weighted by molar-refractivity contribution is 7.16. The lowest BCUT2D eigenvalue weighted by molar-refractivity contribution is -0.142. The van der Waals surface area contributed by atoms with Crippen molar-refractivity contribution < 1.29 is 23.8 Å². The highest BCUT2D eigenvalue weighted by Gasteiger charge is 2.27. The van der Waals surface area contributed by atoms with Gasteiger partial charge in [-0.25, -0.2) is 19.3 Å². The zero-order valence-electron chi connectivity index (χ0n) is 23.3. The number of nitrogens with one attached hydrogen (secondary N) is 1. The minimum absolute atomic E-state index is 0.152. The molecule has 10 nitrogen and oxygen atoms in total. The van der Waals surface area contributed by atoms with Crippen molar-refractivity contribution in [3.8, 4) is 17.0 Å². The Kier molecular flexibility index (Phi) is 9.09. The number of carbonyl (C=O) groups excluding carboxylic acids is 1. The van der Waals surface area contributed by atoms with E-state index in [0.717, 1.165) is 36.2 Å². The molecule has 0 bridgehead atoms. The van der Waals surface area contributed by atoms with E-state index in [4.69, 9.17) is 9.72 Å². The number of alkyl halides is 1. The first kappa shape index (κ1) is 28.9. The monoisotopic (exact) mass is 582 g/mol. The molecule has 0 radical (unpaired) electrons. The predicted molar refractivity (Wildman–Crippen MR) is 155 cm³/mol. The van der Waals surface area contributed by atoms with Crippen molar-refractivity contribution in [3.05, 3.63) is 46.7 Å². The second kappa shape index (κ2) is 12.9. The summed E-state index contributed by atoms with van der Waals surface area (Å²) in [5.74, 6) is -0.368. The number of halogens is 1. The summed E-state index contributed by atoms with van der Waals surface area (Å²) < 4.78 is 19.1. The second-order valence-corrected chi connectivity index (χ2v) is 11.6. The molecule has 2 aromatic heterocycles. The second-order valence-electron chi connectivity index (χ2n) is 10.5. The van der Waals surface area contributed by atoms with Crippen molar-refractivity contribution in [1.82, 2.24) is 19.9 Å². The lowest BCUT2D eigenvalue weighted by atomic mass is 9.97. The average molecular weight is 583 g/mol. The van der Waals surface area contributed by atoms with Gasteiger partial charge in [-0.2, -0.15) is 0 Å². The van der Waals surface area contributed by atoms with Gasteiger partial charge < -0.3 is 14.7 Å². The lowest BCUT2D eigenvalue weighted by Crippen LogP contribution is -2.36. The highest BCUT2D eigenvalue weighted by Crippen LogP contribution is 2.36. The molecule has 2 N–H and O–H groups in total. The molecule has 1 atom stereocenters. The molecule has 3 aromatic rings. The van der Waals surface area contributed by atoms with Crippen molar-refractivity contribution in [3.63, 3.8) is 0 Å². The van der Waals surface area contributed by atoms with Crippen LogP contribution in [0.2, 0.25) is 0 Å². The minimum Gasteiger partial charge on any atom is -0.497 e. The van der Waals surface area contributed by atoms with Crippen LogP contribution in [-0.4, -0.2) is 69.6 Å². The first-order valence-electron chi connectivity index (χ1n) is 14.0. The first-order valence-corrected chi connectivity index (χ1v) is 14.8. The number of carbonyl (C=O) groups is 2. The molecule has 0 saturated carbocycles. The number of aliphatic carboxylic acids is 1. The molecule has 1 aromatic carbocycles. The Morgan fingerprint density at radius 3 is 2.61 bits per heavy atom.